The summed E-state index contributed by atoms with van der Waals surface area (Å²) in [4.78, 5) is 7.39. The number of ether oxygens (including phenoxy) is 1. The van der Waals surface area contributed by atoms with Crippen LogP contribution in [0.3, 0.4) is 0 Å². The molecule has 0 radical (unpaired) electrons. The highest BCUT2D eigenvalue weighted by molar-refractivity contribution is 7.71. The molecule has 5 heteroatoms. The number of hydrogen-bond acceptors (Lipinski definition) is 3. The molecule has 0 saturated heterocycles. The molecule has 3 aromatic rings. The first kappa shape index (κ1) is 13.6. The number of nitrogens with zero attached hydrogens (tertiary/aromatic N) is 2. The van der Waals surface area contributed by atoms with Gasteiger partial charge in [-0.3, -0.25) is 4.57 Å². The third-order valence-electron chi connectivity index (χ3n) is 3.12. The lowest BCUT2D eigenvalue weighted by atomic mass is 10.1. The average molecular weight is 297 g/mol. The predicted molar refractivity (Wildman–Crippen MR) is 85.4 cm³/mol. The van der Waals surface area contributed by atoms with E-state index in [9.17, 15) is 0 Å². The third-order valence-corrected chi connectivity index (χ3v) is 3.42. The lowest BCUT2D eigenvalue weighted by Gasteiger charge is -2.09. The summed E-state index contributed by atoms with van der Waals surface area (Å²) in [5, 5.41) is 0. The molecule has 106 valence electrons. The van der Waals surface area contributed by atoms with Gasteiger partial charge in [-0.1, -0.05) is 30.3 Å². The summed E-state index contributed by atoms with van der Waals surface area (Å²) in [6.07, 6.45) is 3.68. The highest BCUT2D eigenvalue weighted by Crippen LogP contribution is 2.23. The summed E-state index contributed by atoms with van der Waals surface area (Å²) in [6.45, 7) is 2.54. The maximum Gasteiger partial charge on any atom is 0.213 e. The normalized spacial score (nSPS) is 10.5. The van der Waals surface area contributed by atoms with Crippen LogP contribution in [-0.4, -0.2) is 21.1 Å². The van der Waals surface area contributed by atoms with E-state index in [-0.39, 0.29) is 0 Å². The quantitative estimate of drug-likeness (QED) is 0.740. The van der Waals surface area contributed by atoms with Gasteiger partial charge in [-0.15, -0.1) is 0 Å². The number of aromatic amines is 1. The van der Waals surface area contributed by atoms with Crippen LogP contribution in [0, 0.1) is 4.77 Å². The molecule has 0 saturated carbocycles. The second kappa shape index (κ2) is 5.93. The minimum Gasteiger partial charge on any atom is -0.478 e. The molecule has 0 atom stereocenters. The summed E-state index contributed by atoms with van der Waals surface area (Å²) in [5.74, 6) is 0.615. The van der Waals surface area contributed by atoms with Crippen molar-refractivity contribution in [1.82, 2.24) is 14.5 Å². The van der Waals surface area contributed by atoms with Gasteiger partial charge in [0.05, 0.1) is 24.2 Å². The van der Waals surface area contributed by atoms with Crippen molar-refractivity contribution in [2.45, 2.75) is 6.92 Å². The molecule has 0 fully saturated rings. The average Bonchev–Trinajstić information content (AvgIpc) is 2.91. The van der Waals surface area contributed by atoms with E-state index >= 15 is 0 Å². The van der Waals surface area contributed by atoms with Crippen LogP contribution in [0.2, 0.25) is 0 Å². The number of rotatable bonds is 4. The van der Waals surface area contributed by atoms with Gasteiger partial charge in [0.2, 0.25) is 5.88 Å². The first-order chi connectivity index (χ1) is 10.3. The van der Waals surface area contributed by atoms with E-state index in [2.05, 4.69) is 22.1 Å². The van der Waals surface area contributed by atoms with Gasteiger partial charge in [-0.25, -0.2) is 4.98 Å². The molecule has 4 nitrogen and oxygen atoms in total. The van der Waals surface area contributed by atoms with Crippen LogP contribution in [0.15, 0.2) is 54.9 Å². The molecule has 0 aliphatic heterocycles. The Labute approximate surface area is 128 Å². The van der Waals surface area contributed by atoms with Gasteiger partial charge >= 0.3 is 0 Å². The van der Waals surface area contributed by atoms with Crippen LogP contribution in [0.1, 0.15) is 6.92 Å². The van der Waals surface area contributed by atoms with Crippen molar-refractivity contribution < 1.29 is 4.74 Å². The van der Waals surface area contributed by atoms with Crippen molar-refractivity contribution in [1.29, 1.82) is 0 Å². The molecule has 2 heterocycles. The van der Waals surface area contributed by atoms with E-state index in [1.165, 1.54) is 0 Å². The summed E-state index contributed by atoms with van der Waals surface area (Å²) < 4.78 is 7.97. The van der Waals surface area contributed by atoms with Crippen LogP contribution in [-0.2, 0) is 0 Å². The minimum absolute atomic E-state index is 0.602. The van der Waals surface area contributed by atoms with Gasteiger partial charge in [0.1, 0.15) is 0 Å². The van der Waals surface area contributed by atoms with E-state index in [0.29, 0.717) is 17.3 Å². The van der Waals surface area contributed by atoms with Crippen molar-refractivity contribution >= 4 is 12.2 Å². The number of hydrogen-bond donors (Lipinski definition) is 1. The predicted octanol–water partition coefficient (Wildman–Crippen LogP) is 4.00. The molecule has 1 N–H and O–H groups in total. The van der Waals surface area contributed by atoms with Gasteiger partial charge in [0.15, 0.2) is 4.77 Å². The Kier molecular flexibility index (Phi) is 3.83. The summed E-state index contributed by atoms with van der Waals surface area (Å²) in [6, 6.07) is 13.9. The summed E-state index contributed by atoms with van der Waals surface area (Å²) in [5.41, 5.74) is 3.01. The van der Waals surface area contributed by atoms with E-state index in [0.717, 1.165) is 16.9 Å². The van der Waals surface area contributed by atoms with Crippen LogP contribution in [0.4, 0.5) is 0 Å². The minimum atomic E-state index is 0.602. The Hall–Kier alpha value is -2.40. The lowest BCUT2D eigenvalue weighted by molar-refractivity contribution is 0.327. The Morgan fingerprint density at radius 3 is 2.67 bits per heavy atom. The molecule has 21 heavy (non-hydrogen) atoms. The van der Waals surface area contributed by atoms with Crippen molar-refractivity contribution in [2.75, 3.05) is 6.61 Å². The first-order valence-electron chi connectivity index (χ1n) is 6.74. The third kappa shape index (κ3) is 2.73. The number of aromatic nitrogens is 3. The number of nitrogens with one attached hydrogen (secondary N) is 1. The van der Waals surface area contributed by atoms with Crippen LogP contribution in [0.5, 0.6) is 5.88 Å². The molecule has 0 aliphatic rings. The zero-order valence-corrected chi connectivity index (χ0v) is 12.4. The highest BCUT2D eigenvalue weighted by atomic mass is 32.1. The number of pyridine rings is 1. The van der Waals surface area contributed by atoms with Crippen molar-refractivity contribution in [3.8, 4) is 22.8 Å². The molecule has 0 aliphatic carbocycles. The highest BCUT2D eigenvalue weighted by Gasteiger charge is 2.09. The smallest absolute Gasteiger partial charge is 0.213 e. The van der Waals surface area contributed by atoms with Crippen molar-refractivity contribution in [3.63, 3.8) is 0 Å². The van der Waals surface area contributed by atoms with Crippen LogP contribution < -0.4 is 4.74 Å². The van der Waals surface area contributed by atoms with E-state index in [1.807, 2.05) is 48.0 Å². The van der Waals surface area contributed by atoms with Gasteiger partial charge in [0, 0.05) is 17.8 Å². The molecule has 0 spiro atoms. The summed E-state index contributed by atoms with van der Waals surface area (Å²) in [7, 11) is 0. The van der Waals surface area contributed by atoms with Gasteiger partial charge in [-0.2, -0.15) is 0 Å². The lowest BCUT2D eigenvalue weighted by Crippen LogP contribution is -1.99. The number of H-pyrrole nitrogens is 1. The van der Waals surface area contributed by atoms with Crippen molar-refractivity contribution in [3.05, 3.63) is 59.6 Å². The van der Waals surface area contributed by atoms with Gasteiger partial charge < -0.3 is 9.72 Å². The van der Waals surface area contributed by atoms with Crippen molar-refractivity contribution in [2.24, 2.45) is 0 Å². The number of benzene rings is 1. The second-order valence-corrected chi connectivity index (χ2v) is 4.85. The fraction of sp³-hybridized carbons (Fsp3) is 0.125. The zero-order chi connectivity index (χ0) is 14.7. The molecule has 0 bridgehead atoms. The van der Waals surface area contributed by atoms with E-state index in [4.69, 9.17) is 17.0 Å². The first-order valence-corrected chi connectivity index (χ1v) is 7.15. The molecule has 1 aromatic carbocycles. The Morgan fingerprint density at radius 2 is 2.00 bits per heavy atom. The topological polar surface area (TPSA) is 42.8 Å². The monoisotopic (exact) mass is 297 g/mol. The molecular weight excluding hydrogens is 282 g/mol. The molecule has 0 amide bonds. The molecule has 0 unspecified atom stereocenters. The number of imidazole rings is 1. The Balaban J connectivity index is 2.06. The molecule has 3 rings (SSSR count). The Bertz CT molecular complexity index is 775. The van der Waals surface area contributed by atoms with Crippen LogP contribution in [0.25, 0.3) is 16.9 Å². The Morgan fingerprint density at radius 1 is 1.19 bits per heavy atom. The second-order valence-electron chi connectivity index (χ2n) is 4.47. The van der Waals surface area contributed by atoms with Gasteiger partial charge in [-0.05, 0) is 25.2 Å². The standard InChI is InChI=1S/C16H15N3OS/c1-2-20-15-9-8-13(10-17-15)19-14(11-18-16(19)21)12-6-4-3-5-7-12/h3-11H,2H2,1H3,(H,18,21). The maximum absolute atomic E-state index is 5.39. The largest absolute Gasteiger partial charge is 0.478 e. The SMILES string of the molecule is CCOc1ccc(-n2c(-c3ccccc3)c[nH]c2=S)cn1. The summed E-state index contributed by atoms with van der Waals surface area (Å²) >= 11 is 5.39. The van der Waals surface area contributed by atoms with E-state index in [1.54, 1.807) is 6.20 Å². The van der Waals surface area contributed by atoms with Crippen LogP contribution >= 0.6 is 12.2 Å². The maximum atomic E-state index is 5.39. The fourth-order valence-electron chi connectivity index (χ4n) is 2.18. The molecule has 2 aromatic heterocycles. The molecular formula is C16H15N3OS. The zero-order valence-electron chi connectivity index (χ0n) is 11.6. The van der Waals surface area contributed by atoms with E-state index < -0.39 is 0 Å². The van der Waals surface area contributed by atoms with Gasteiger partial charge in [0.25, 0.3) is 0 Å². The fourth-order valence-corrected chi connectivity index (χ4v) is 2.45.